The lowest BCUT2D eigenvalue weighted by Crippen LogP contribution is -2.39. The number of rotatable bonds is 4. The quantitative estimate of drug-likeness (QED) is 0.666. The molecule has 3 heteroatoms. The van der Waals surface area contributed by atoms with Crippen molar-refractivity contribution in [3.8, 4) is 0 Å². The molecule has 0 aliphatic heterocycles. The van der Waals surface area contributed by atoms with Gasteiger partial charge in [-0.25, -0.2) is 4.79 Å². The molecule has 0 aromatic heterocycles. The van der Waals surface area contributed by atoms with Gasteiger partial charge >= 0.3 is 6.03 Å². The number of hydrogen-bond acceptors (Lipinski definition) is 1. The van der Waals surface area contributed by atoms with Crippen molar-refractivity contribution in [2.24, 2.45) is 0 Å². The average molecular weight is 184 g/mol. The van der Waals surface area contributed by atoms with E-state index in [4.69, 9.17) is 0 Å². The van der Waals surface area contributed by atoms with E-state index in [0.717, 1.165) is 13.1 Å². The summed E-state index contributed by atoms with van der Waals surface area (Å²) in [7, 11) is 0. The highest BCUT2D eigenvalue weighted by Crippen LogP contribution is 1.89. The highest BCUT2D eigenvalue weighted by atomic mass is 16.2. The first-order valence-electron chi connectivity index (χ1n) is 4.77. The minimum Gasteiger partial charge on any atom is -0.335 e. The molecule has 0 saturated heterocycles. The van der Waals surface area contributed by atoms with E-state index in [9.17, 15) is 4.79 Å². The highest BCUT2D eigenvalue weighted by molar-refractivity contribution is 5.74. The van der Waals surface area contributed by atoms with Gasteiger partial charge in [0.25, 0.3) is 0 Å². The Kier molecular flexibility index (Phi) is 6.02. The number of carbonyl (C=O) groups excluding carboxylic acids is 1. The fourth-order valence-electron chi connectivity index (χ4n) is 0.965. The standard InChI is InChI=1S/C10H20N2O/c1-5-12(6-2)10(13)11-8-7-9(3)4/h7H,5-6,8H2,1-4H3,(H,11,13). The van der Waals surface area contributed by atoms with E-state index in [0.29, 0.717) is 6.54 Å². The van der Waals surface area contributed by atoms with Gasteiger partial charge < -0.3 is 10.2 Å². The molecule has 0 unspecified atom stereocenters. The Hall–Kier alpha value is -0.990. The molecule has 0 aromatic rings. The van der Waals surface area contributed by atoms with Crippen molar-refractivity contribution in [1.82, 2.24) is 10.2 Å². The van der Waals surface area contributed by atoms with Crippen LogP contribution in [-0.4, -0.2) is 30.6 Å². The maximum Gasteiger partial charge on any atom is 0.317 e. The van der Waals surface area contributed by atoms with Crippen molar-refractivity contribution < 1.29 is 4.79 Å². The molecule has 0 saturated carbocycles. The van der Waals surface area contributed by atoms with Crippen LogP contribution in [0.2, 0.25) is 0 Å². The van der Waals surface area contributed by atoms with Crippen LogP contribution in [0.1, 0.15) is 27.7 Å². The summed E-state index contributed by atoms with van der Waals surface area (Å²) in [6, 6.07) is 0.0162. The van der Waals surface area contributed by atoms with Gasteiger partial charge in [-0.05, 0) is 27.7 Å². The van der Waals surface area contributed by atoms with Crippen molar-refractivity contribution in [3.63, 3.8) is 0 Å². The second-order valence-corrected chi connectivity index (χ2v) is 3.14. The fraction of sp³-hybridized carbons (Fsp3) is 0.700. The van der Waals surface area contributed by atoms with Gasteiger partial charge in [0.15, 0.2) is 0 Å². The summed E-state index contributed by atoms with van der Waals surface area (Å²) in [6.45, 7) is 10.1. The van der Waals surface area contributed by atoms with E-state index in [1.165, 1.54) is 5.57 Å². The zero-order valence-corrected chi connectivity index (χ0v) is 9.05. The number of hydrogen-bond donors (Lipinski definition) is 1. The van der Waals surface area contributed by atoms with Crippen LogP contribution in [-0.2, 0) is 0 Å². The monoisotopic (exact) mass is 184 g/mol. The van der Waals surface area contributed by atoms with E-state index in [2.05, 4.69) is 5.32 Å². The first-order valence-corrected chi connectivity index (χ1v) is 4.77. The van der Waals surface area contributed by atoms with Crippen LogP contribution < -0.4 is 5.32 Å². The zero-order valence-electron chi connectivity index (χ0n) is 9.05. The van der Waals surface area contributed by atoms with Crippen LogP contribution in [0.15, 0.2) is 11.6 Å². The van der Waals surface area contributed by atoms with Crippen molar-refractivity contribution in [2.45, 2.75) is 27.7 Å². The maximum atomic E-state index is 11.4. The highest BCUT2D eigenvalue weighted by Gasteiger charge is 2.06. The molecule has 0 aliphatic rings. The Morgan fingerprint density at radius 2 is 1.85 bits per heavy atom. The molecule has 1 N–H and O–H groups in total. The summed E-state index contributed by atoms with van der Waals surface area (Å²) < 4.78 is 0. The molecule has 0 atom stereocenters. The van der Waals surface area contributed by atoms with E-state index in [-0.39, 0.29) is 6.03 Å². The number of amides is 2. The van der Waals surface area contributed by atoms with E-state index >= 15 is 0 Å². The van der Waals surface area contributed by atoms with E-state index < -0.39 is 0 Å². The van der Waals surface area contributed by atoms with Gasteiger partial charge in [-0.2, -0.15) is 0 Å². The molecule has 0 spiro atoms. The average Bonchev–Trinajstić information content (AvgIpc) is 2.05. The summed E-state index contributed by atoms with van der Waals surface area (Å²) in [4.78, 5) is 13.1. The fourth-order valence-corrected chi connectivity index (χ4v) is 0.965. The van der Waals surface area contributed by atoms with Crippen molar-refractivity contribution >= 4 is 6.03 Å². The molecular weight excluding hydrogens is 164 g/mol. The Bertz CT molecular complexity index is 179. The first-order chi connectivity index (χ1) is 6.11. The molecule has 0 rings (SSSR count). The molecular formula is C10H20N2O. The minimum absolute atomic E-state index is 0.0162. The van der Waals surface area contributed by atoms with Crippen LogP contribution in [0.4, 0.5) is 4.79 Å². The Morgan fingerprint density at radius 1 is 1.31 bits per heavy atom. The lowest BCUT2D eigenvalue weighted by molar-refractivity contribution is 0.204. The molecule has 0 radical (unpaired) electrons. The van der Waals surface area contributed by atoms with Gasteiger partial charge in [-0.1, -0.05) is 11.6 Å². The molecule has 0 aliphatic carbocycles. The maximum absolute atomic E-state index is 11.4. The summed E-state index contributed by atoms with van der Waals surface area (Å²) in [5.41, 5.74) is 1.22. The van der Waals surface area contributed by atoms with Gasteiger partial charge in [-0.3, -0.25) is 0 Å². The lowest BCUT2D eigenvalue weighted by Gasteiger charge is -2.18. The van der Waals surface area contributed by atoms with Crippen LogP contribution >= 0.6 is 0 Å². The molecule has 76 valence electrons. The molecule has 0 aromatic carbocycles. The third-order valence-electron chi connectivity index (χ3n) is 1.81. The van der Waals surface area contributed by atoms with Crippen molar-refractivity contribution in [2.75, 3.05) is 19.6 Å². The number of carbonyl (C=O) groups is 1. The molecule has 2 amide bonds. The van der Waals surface area contributed by atoms with Gasteiger partial charge in [-0.15, -0.1) is 0 Å². The van der Waals surface area contributed by atoms with Gasteiger partial charge in [0, 0.05) is 19.6 Å². The predicted molar refractivity (Wildman–Crippen MR) is 55.8 cm³/mol. The van der Waals surface area contributed by atoms with Gasteiger partial charge in [0.05, 0.1) is 0 Å². The number of nitrogens with one attached hydrogen (secondary N) is 1. The van der Waals surface area contributed by atoms with Gasteiger partial charge in [0.2, 0.25) is 0 Å². The Balaban J connectivity index is 3.79. The molecule has 0 heterocycles. The molecule has 0 bridgehead atoms. The normalized spacial score (nSPS) is 9.23. The first kappa shape index (κ1) is 12.0. The van der Waals surface area contributed by atoms with Crippen molar-refractivity contribution in [3.05, 3.63) is 11.6 Å². The van der Waals surface area contributed by atoms with E-state index in [1.54, 1.807) is 4.90 Å². The third-order valence-corrected chi connectivity index (χ3v) is 1.81. The second kappa shape index (κ2) is 6.52. The number of urea groups is 1. The van der Waals surface area contributed by atoms with Crippen molar-refractivity contribution in [1.29, 1.82) is 0 Å². The smallest absolute Gasteiger partial charge is 0.317 e. The zero-order chi connectivity index (χ0) is 10.3. The second-order valence-electron chi connectivity index (χ2n) is 3.14. The topological polar surface area (TPSA) is 32.3 Å². The third kappa shape index (κ3) is 5.28. The molecule has 13 heavy (non-hydrogen) atoms. The summed E-state index contributed by atoms with van der Waals surface area (Å²) in [5, 5.41) is 2.83. The summed E-state index contributed by atoms with van der Waals surface area (Å²) in [5.74, 6) is 0. The Labute approximate surface area is 80.8 Å². The SMILES string of the molecule is CCN(CC)C(=O)NCC=C(C)C. The van der Waals surface area contributed by atoms with Gasteiger partial charge in [0.1, 0.15) is 0 Å². The summed E-state index contributed by atoms with van der Waals surface area (Å²) >= 11 is 0. The van der Waals surface area contributed by atoms with Crippen LogP contribution in [0, 0.1) is 0 Å². The number of allylic oxidation sites excluding steroid dienone is 1. The predicted octanol–water partition coefficient (Wildman–Crippen LogP) is 2.00. The largest absolute Gasteiger partial charge is 0.335 e. The molecule has 3 nitrogen and oxygen atoms in total. The minimum atomic E-state index is 0.0162. The lowest BCUT2D eigenvalue weighted by atomic mass is 10.3. The van der Waals surface area contributed by atoms with Crippen LogP contribution in [0.3, 0.4) is 0 Å². The molecule has 0 fully saturated rings. The van der Waals surface area contributed by atoms with E-state index in [1.807, 2.05) is 33.8 Å². The summed E-state index contributed by atoms with van der Waals surface area (Å²) in [6.07, 6.45) is 2.00. The van der Waals surface area contributed by atoms with Crippen LogP contribution in [0.5, 0.6) is 0 Å². The number of nitrogens with zero attached hydrogens (tertiary/aromatic N) is 1. The van der Waals surface area contributed by atoms with Crippen LogP contribution in [0.25, 0.3) is 0 Å². The Morgan fingerprint density at radius 3 is 2.23 bits per heavy atom.